The van der Waals surface area contributed by atoms with Crippen molar-refractivity contribution in [3.05, 3.63) is 46.3 Å². The van der Waals surface area contributed by atoms with E-state index in [2.05, 4.69) is 21.3 Å². The summed E-state index contributed by atoms with van der Waals surface area (Å²) in [6.45, 7) is 5.33. The molecule has 3 heterocycles. The summed E-state index contributed by atoms with van der Waals surface area (Å²) in [6, 6.07) is 6.21. The zero-order valence-electron chi connectivity index (χ0n) is 13.9. The molecule has 6 heteroatoms. The van der Waals surface area contributed by atoms with Gasteiger partial charge in [-0.05, 0) is 41.3 Å². The molecule has 1 atom stereocenters. The van der Waals surface area contributed by atoms with Gasteiger partial charge >= 0.3 is 0 Å². The van der Waals surface area contributed by atoms with Gasteiger partial charge < -0.3 is 10.1 Å². The highest BCUT2D eigenvalue weighted by atomic mass is 32.1. The lowest BCUT2D eigenvalue weighted by atomic mass is 10.2. The Labute approximate surface area is 146 Å². The first kappa shape index (κ1) is 16.9. The number of likely N-dealkylation sites (tertiary alicyclic amines) is 1. The van der Waals surface area contributed by atoms with Gasteiger partial charge in [-0.25, -0.2) is 4.98 Å². The molecule has 1 aliphatic heterocycles. The van der Waals surface area contributed by atoms with Crippen LogP contribution in [-0.4, -0.2) is 41.5 Å². The average molecular weight is 345 g/mol. The fourth-order valence-electron chi connectivity index (χ4n) is 2.95. The number of aromatic nitrogens is 1. The molecule has 3 rings (SSSR count). The highest BCUT2D eigenvalue weighted by molar-refractivity contribution is 7.07. The van der Waals surface area contributed by atoms with Crippen molar-refractivity contribution in [3.8, 4) is 5.88 Å². The SMILES string of the molecule is CCOc1ccc(CN2CCC(NC(=O)Cc3ccsc3)C2)cn1. The molecule has 128 valence electrons. The summed E-state index contributed by atoms with van der Waals surface area (Å²) >= 11 is 1.63. The van der Waals surface area contributed by atoms with Gasteiger partial charge in [0, 0.05) is 37.9 Å². The number of pyridine rings is 1. The molecule has 1 N–H and O–H groups in total. The molecule has 2 aromatic rings. The van der Waals surface area contributed by atoms with Crippen molar-refractivity contribution in [2.45, 2.75) is 32.4 Å². The average Bonchev–Trinajstić information content (AvgIpc) is 3.22. The first-order chi connectivity index (χ1) is 11.7. The van der Waals surface area contributed by atoms with Gasteiger partial charge in [-0.2, -0.15) is 11.3 Å². The van der Waals surface area contributed by atoms with Crippen molar-refractivity contribution in [2.75, 3.05) is 19.7 Å². The summed E-state index contributed by atoms with van der Waals surface area (Å²) in [5, 5.41) is 7.18. The largest absolute Gasteiger partial charge is 0.478 e. The quantitative estimate of drug-likeness (QED) is 0.838. The van der Waals surface area contributed by atoms with Crippen molar-refractivity contribution in [3.63, 3.8) is 0 Å². The van der Waals surface area contributed by atoms with Crippen LogP contribution in [0.1, 0.15) is 24.5 Å². The highest BCUT2D eigenvalue weighted by Crippen LogP contribution is 2.15. The molecule has 5 nitrogen and oxygen atoms in total. The Bertz CT molecular complexity index is 643. The molecule has 0 aliphatic carbocycles. The summed E-state index contributed by atoms with van der Waals surface area (Å²) in [5.41, 5.74) is 2.26. The number of nitrogens with zero attached hydrogens (tertiary/aromatic N) is 2. The number of hydrogen-bond donors (Lipinski definition) is 1. The van der Waals surface area contributed by atoms with Crippen molar-refractivity contribution in [2.24, 2.45) is 0 Å². The van der Waals surface area contributed by atoms with E-state index in [0.717, 1.165) is 31.6 Å². The monoisotopic (exact) mass is 345 g/mol. The Morgan fingerprint density at radius 3 is 3.04 bits per heavy atom. The van der Waals surface area contributed by atoms with Crippen LogP contribution in [0, 0.1) is 0 Å². The fraction of sp³-hybridized carbons (Fsp3) is 0.444. The number of ether oxygens (including phenoxy) is 1. The van der Waals surface area contributed by atoms with E-state index < -0.39 is 0 Å². The van der Waals surface area contributed by atoms with Gasteiger partial charge in [0.25, 0.3) is 0 Å². The number of carbonyl (C=O) groups is 1. The smallest absolute Gasteiger partial charge is 0.224 e. The number of carbonyl (C=O) groups excluding carboxylic acids is 1. The van der Waals surface area contributed by atoms with E-state index >= 15 is 0 Å². The predicted molar refractivity (Wildman–Crippen MR) is 95.3 cm³/mol. The maximum atomic E-state index is 12.1. The van der Waals surface area contributed by atoms with E-state index in [9.17, 15) is 4.79 Å². The van der Waals surface area contributed by atoms with Crippen molar-refractivity contribution >= 4 is 17.2 Å². The second kappa shape index (κ2) is 8.26. The van der Waals surface area contributed by atoms with Crippen molar-refractivity contribution < 1.29 is 9.53 Å². The van der Waals surface area contributed by atoms with Crippen LogP contribution in [0.2, 0.25) is 0 Å². The lowest BCUT2D eigenvalue weighted by molar-refractivity contribution is -0.121. The third-order valence-corrected chi connectivity index (χ3v) is 4.81. The number of rotatable bonds is 7. The predicted octanol–water partition coefficient (Wildman–Crippen LogP) is 2.48. The standard InChI is InChI=1S/C18H23N3O2S/c1-2-23-18-4-3-15(10-19-18)11-21-7-5-16(12-21)20-17(22)9-14-6-8-24-13-14/h3-4,6,8,10,13,16H,2,5,7,9,11-12H2,1H3,(H,20,22). The maximum Gasteiger partial charge on any atom is 0.224 e. The summed E-state index contributed by atoms with van der Waals surface area (Å²) < 4.78 is 5.36. The highest BCUT2D eigenvalue weighted by Gasteiger charge is 2.23. The third-order valence-electron chi connectivity index (χ3n) is 4.08. The molecule has 0 bridgehead atoms. The molecule has 1 saturated heterocycles. The molecule has 0 spiro atoms. The first-order valence-electron chi connectivity index (χ1n) is 8.33. The lowest BCUT2D eigenvalue weighted by Crippen LogP contribution is -2.37. The van der Waals surface area contributed by atoms with Gasteiger partial charge in [-0.3, -0.25) is 9.69 Å². The van der Waals surface area contributed by atoms with E-state index in [1.54, 1.807) is 11.3 Å². The Balaban J connectivity index is 1.44. The summed E-state index contributed by atoms with van der Waals surface area (Å²) in [5.74, 6) is 0.782. The topological polar surface area (TPSA) is 54.5 Å². The molecule has 1 fully saturated rings. The van der Waals surface area contributed by atoms with Gasteiger partial charge in [0.05, 0.1) is 13.0 Å². The summed E-state index contributed by atoms with van der Waals surface area (Å²) in [4.78, 5) is 18.7. The van der Waals surface area contributed by atoms with Crippen LogP contribution in [-0.2, 0) is 17.8 Å². The Hall–Kier alpha value is -1.92. The van der Waals surface area contributed by atoms with Crippen LogP contribution in [0.3, 0.4) is 0 Å². The van der Waals surface area contributed by atoms with Crippen molar-refractivity contribution in [1.82, 2.24) is 15.2 Å². The molecule has 0 radical (unpaired) electrons. The van der Waals surface area contributed by atoms with Crippen LogP contribution in [0.25, 0.3) is 0 Å². The van der Waals surface area contributed by atoms with Crippen LogP contribution >= 0.6 is 11.3 Å². The van der Waals surface area contributed by atoms with Crippen LogP contribution in [0.15, 0.2) is 35.2 Å². The second-order valence-corrected chi connectivity index (χ2v) is 6.81. The molecule has 1 unspecified atom stereocenters. The van der Waals surface area contributed by atoms with Crippen LogP contribution < -0.4 is 10.1 Å². The van der Waals surface area contributed by atoms with E-state index in [-0.39, 0.29) is 11.9 Å². The zero-order valence-corrected chi connectivity index (χ0v) is 14.7. The molecule has 1 amide bonds. The number of thiophene rings is 1. The molecule has 2 aromatic heterocycles. The first-order valence-corrected chi connectivity index (χ1v) is 9.27. The van der Waals surface area contributed by atoms with Crippen LogP contribution in [0.4, 0.5) is 0 Å². The minimum Gasteiger partial charge on any atom is -0.478 e. The molecule has 0 aromatic carbocycles. The van der Waals surface area contributed by atoms with Gasteiger partial charge in [0.15, 0.2) is 0 Å². The second-order valence-electron chi connectivity index (χ2n) is 6.03. The minimum atomic E-state index is 0.114. The molecular formula is C18H23N3O2S. The van der Waals surface area contributed by atoms with E-state index in [0.29, 0.717) is 18.9 Å². The molecular weight excluding hydrogens is 322 g/mol. The zero-order chi connectivity index (χ0) is 16.8. The lowest BCUT2D eigenvalue weighted by Gasteiger charge is -2.16. The Kier molecular flexibility index (Phi) is 5.82. The molecule has 1 aliphatic rings. The Morgan fingerprint density at radius 1 is 1.42 bits per heavy atom. The normalized spacial score (nSPS) is 17.8. The third kappa shape index (κ3) is 4.79. The van der Waals surface area contributed by atoms with Gasteiger partial charge in [-0.1, -0.05) is 6.07 Å². The maximum absolute atomic E-state index is 12.1. The summed E-state index contributed by atoms with van der Waals surface area (Å²) in [7, 11) is 0. The number of hydrogen-bond acceptors (Lipinski definition) is 5. The van der Waals surface area contributed by atoms with Gasteiger partial charge in [0.2, 0.25) is 11.8 Å². The van der Waals surface area contributed by atoms with Gasteiger partial charge in [0.1, 0.15) is 0 Å². The number of amides is 1. The van der Waals surface area contributed by atoms with E-state index in [1.165, 1.54) is 5.56 Å². The van der Waals surface area contributed by atoms with Crippen LogP contribution in [0.5, 0.6) is 5.88 Å². The number of nitrogens with one attached hydrogen (secondary N) is 1. The molecule has 24 heavy (non-hydrogen) atoms. The molecule has 0 saturated carbocycles. The minimum absolute atomic E-state index is 0.114. The van der Waals surface area contributed by atoms with Crippen molar-refractivity contribution in [1.29, 1.82) is 0 Å². The van der Waals surface area contributed by atoms with E-state index in [4.69, 9.17) is 4.74 Å². The summed E-state index contributed by atoms with van der Waals surface area (Å²) in [6.07, 6.45) is 3.34. The van der Waals surface area contributed by atoms with Gasteiger partial charge in [-0.15, -0.1) is 0 Å². The van der Waals surface area contributed by atoms with E-state index in [1.807, 2.05) is 36.0 Å². The Morgan fingerprint density at radius 2 is 2.33 bits per heavy atom. The fourth-order valence-corrected chi connectivity index (χ4v) is 3.62.